The van der Waals surface area contributed by atoms with Crippen molar-refractivity contribution in [3.05, 3.63) is 58.3 Å². The van der Waals surface area contributed by atoms with Gasteiger partial charge in [0.05, 0.1) is 6.54 Å². The first-order valence-electron chi connectivity index (χ1n) is 9.03. The van der Waals surface area contributed by atoms with Crippen molar-refractivity contribution < 1.29 is 4.79 Å². The molecule has 1 aliphatic rings. The number of hydrogen-bond donors (Lipinski definition) is 0. The lowest BCUT2D eigenvalue weighted by molar-refractivity contribution is 0.0831. The van der Waals surface area contributed by atoms with Crippen molar-refractivity contribution in [2.45, 2.75) is 60.4 Å². The van der Waals surface area contributed by atoms with E-state index >= 15 is 0 Å². The molecule has 0 fully saturated rings. The molecule has 2 nitrogen and oxygen atoms in total. The predicted octanol–water partition coefficient (Wildman–Crippen LogP) is 6.61. The number of fused-ring (bicyclic) bond motifs is 1. The Morgan fingerprint density at radius 2 is 2.04 bits per heavy atom. The maximum absolute atomic E-state index is 12.6. The highest BCUT2D eigenvalue weighted by Crippen LogP contribution is 2.29. The Kier molecular flexibility index (Phi) is 8.84. The molecule has 0 bridgehead atoms. The molecule has 0 N–H and O–H groups in total. The van der Waals surface area contributed by atoms with E-state index in [0.29, 0.717) is 17.5 Å². The van der Waals surface area contributed by atoms with Gasteiger partial charge in [-0.3, -0.25) is 4.79 Å². The number of carbonyl (C=O) groups is 1. The Bertz CT molecular complexity index is 604. The average molecular weight is 348 g/mol. The third kappa shape index (κ3) is 5.24. The van der Waals surface area contributed by atoms with Crippen LogP contribution in [-0.4, -0.2) is 10.8 Å². The van der Waals surface area contributed by atoms with Crippen LogP contribution in [0.4, 0.5) is 0 Å². The molecule has 1 amide bonds. The fourth-order valence-corrected chi connectivity index (χ4v) is 2.72. The van der Waals surface area contributed by atoms with E-state index in [0.717, 1.165) is 29.7 Å². The third-order valence-electron chi connectivity index (χ3n) is 4.12. The number of allylic oxidation sites excluding steroid dienone is 3. The SMILES string of the molecule is CC.CC/C=C(\C=C/CC(C)CC)N1Cc2ccc(Cl)cc2C1=O. The summed E-state index contributed by atoms with van der Waals surface area (Å²) >= 11 is 6.01. The van der Waals surface area contributed by atoms with Crippen molar-refractivity contribution in [1.82, 2.24) is 4.90 Å². The number of rotatable bonds is 6. The van der Waals surface area contributed by atoms with E-state index < -0.39 is 0 Å². The van der Waals surface area contributed by atoms with E-state index in [1.165, 1.54) is 6.42 Å². The second-order valence-electron chi connectivity index (χ2n) is 5.88. The number of hydrogen-bond acceptors (Lipinski definition) is 1. The summed E-state index contributed by atoms with van der Waals surface area (Å²) in [5, 5.41) is 0.613. The molecule has 0 spiro atoms. The van der Waals surface area contributed by atoms with Crippen LogP contribution < -0.4 is 0 Å². The molecule has 1 aromatic rings. The molecule has 24 heavy (non-hydrogen) atoms. The minimum atomic E-state index is 0.0467. The summed E-state index contributed by atoms with van der Waals surface area (Å²) in [5.74, 6) is 0.717. The Hall–Kier alpha value is -1.54. The summed E-state index contributed by atoms with van der Waals surface area (Å²) in [6.45, 7) is 11.2. The minimum absolute atomic E-state index is 0.0467. The fraction of sp³-hybridized carbons (Fsp3) is 0.476. The monoisotopic (exact) mass is 347 g/mol. The zero-order valence-corrected chi connectivity index (χ0v) is 16.4. The van der Waals surface area contributed by atoms with E-state index in [9.17, 15) is 4.79 Å². The van der Waals surface area contributed by atoms with Crippen LogP contribution >= 0.6 is 11.6 Å². The molecule has 0 aliphatic carbocycles. The minimum Gasteiger partial charge on any atom is -0.304 e. The largest absolute Gasteiger partial charge is 0.304 e. The molecule has 0 saturated carbocycles. The van der Waals surface area contributed by atoms with Crippen LogP contribution in [-0.2, 0) is 6.54 Å². The Morgan fingerprint density at radius 1 is 1.33 bits per heavy atom. The summed E-state index contributed by atoms with van der Waals surface area (Å²) in [5.41, 5.74) is 2.76. The molecule has 1 aliphatic heterocycles. The fourth-order valence-electron chi connectivity index (χ4n) is 2.55. The van der Waals surface area contributed by atoms with E-state index in [2.05, 4.69) is 39.0 Å². The van der Waals surface area contributed by atoms with Crippen molar-refractivity contribution in [3.8, 4) is 0 Å². The smallest absolute Gasteiger partial charge is 0.258 e. The Morgan fingerprint density at radius 3 is 2.67 bits per heavy atom. The van der Waals surface area contributed by atoms with Crippen LogP contribution in [0.5, 0.6) is 0 Å². The number of halogens is 1. The molecule has 3 heteroatoms. The van der Waals surface area contributed by atoms with Gasteiger partial charge in [-0.15, -0.1) is 0 Å². The molecule has 132 valence electrons. The zero-order chi connectivity index (χ0) is 18.1. The van der Waals surface area contributed by atoms with Crippen molar-refractivity contribution in [1.29, 1.82) is 0 Å². The molecule has 1 unspecified atom stereocenters. The second kappa shape index (κ2) is 10.4. The van der Waals surface area contributed by atoms with Gasteiger partial charge in [-0.1, -0.05) is 70.9 Å². The average Bonchev–Trinajstić information content (AvgIpc) is 2.92. The zero-order valence-electron chi connectivity index (χ0n) is 15.6. The maximum atomic E-state index is 12.6. The number of benzene rings is 1. The lowest BCUT2D eigenvalue weighted by atomic mass is 10.0. The maximum Gasteiger partial charge on any atom is 0.258 e. The second-order valence-corrected chi connectivity index (χ2v) is 6.32. The highest BCUT2D eigenvalue weighted by Gasteiger charge is 2.28. The van der Waals surface area contributed by atoms with Gasteiger partial charge in [-0.05, 0) is 42.5 Å². The number of carbonyl (C=O) groups excluding carboxylic acids is 1. The molecule has 2 rings (SSSR count). The van der Waals surface area contributed by atoms with E-state index in [-0.39, 0.29) is 5.91 Å². The first kappa shape index (κ1) is 20.5. The van der Waals surface area contributed by atoms with Crippen molar-refractivity contribution in [3.63, 3.8) is 0 Å². The van der Waals surface area contributed by atoms with Crippen molar-refractivity contribution in [2.24, 2.45) is 5.92 Å². The van der Waals surface area contributed by atoms with Gasteiger partial charge in [0.1, 0.15) is 0 Å². The van der Waals surface area contributed by atoms with Crippen LogP contribution in [0.3, 0.4) is 0 Å². The molecule has 0 radical (unpaired) electrons. The molecular weight excluding hydrogens is 318 g/mol. The molecule has 1 heterocycles. The highest BCUT2D eigenvalue weighted by molar-refractivity contribution is 6.31. The van der Waals surface area contributed by atoms with Crippen LogP contribution in [0.25, 0.3) is 0 Å². The van der Waals surface area contributed by atoms with Gasteiger partial charge in [-0.2, -0.15) is 0 Å². The van der Waals surface area contributed by atoms with Gasteiger partial charge in [0, 0.05) is 16.3 Å². The van der Waals surface area contributed by atoms with Gasteiger partial charge in [-0.25, -0.2) is 0 Å². The molecular formula is C21H30ClNO. The van der Waals surface area contributed by atoms with Crippen LogP contribution in [0.2, 0.25) is 5.02 Å². The van der Waals surface area contributed by atoms with E-state index in [4.69, 9.17) is 11.6 Å². The summed E-state index contributed by atoms with van der Waals surface area (Å²) in [7, 11) is 0. The summed E-state index contributed by atoms with van der Waals surface area (Å²) in [4.78, 5) is 14.5. The third-order valence-corrected chi connectivity index (χ3v) is 4.36. The standard InChI is InChI=1S/C19H24ClNO.C2H6/c1-4-7-17(9-6-8-14(3)5-2)21-13-15-10-11-16(20)12-18(15)19(21)22;1-2/h6-7,9-12,14H,4-5,8,13H2,1-3H3;1-2H3/b9-6-,17-7+;. The topological polar surface area (TPSA) is 20.3 Å². The number of nitrogens with zero attached hydrogens (tertiary/aromatic N) is 1. The summed E-state index contributed by atoms with van der Waals surface area (Å²) < 4.78 is 0. The van der Waals surface area contributed by atoms with Crippen molar-refractivity contribution in [2.75, 3.05) is 0 Å². The lowest BCUT2D eigenvalue weighted by Gasteiger charge is -2.17. The van der Waals surface area contributed by atoms with Gasteiger partial charge in [0.15, 0.2) is 0 Å². The normalized spacial score (nSPS) is 15.3. The Balaban J connectivity index is 0.00000139. The molecule has 1 aromatic carbocycles. The summed E-state index contributed by atoms with van der Waals surface area (Å²) in [6.07, 6.45) is 9.49. The first-order valence-corrected chi connectivity index (χ1v) is 9.41. The first-order chi connectivity index (χ1) is 11.6. The van der Waals surface area contributed by atoms with Gasteiger partial charge >= 0.3 is 0 Å². The van der Waals surface area contributed by atoms with E-state index in [1.807, 2.05) is 30.9 Å². The van der Waals surface area contributed by atoms with Crippen LogP contribution in [0.1, 0.15) is 69.8 Å². The number of amides is 1. The molecule has 0 saturated heterocycles. The lowest BCUT2D eigenvalue weighted by Crippen LogP contribution is -2.22. The van der Waals surface area contributed by atoms with Gasteiger partial charge < -0.3 is 4.90 Å². The quantitative estimate of drug-likeness (QED) is 0.530. The van der Waals surface area contributed by atoms with Gasteiger partial charge in [0.2, 0.25) is 0 Å². The predicted molar refractivity (Wildman–Crippen MR) is 104 cm³/mol. The van der Waals surface area contributed by atoms with Crippen LogP contribution in [0, 0.1) is 5.92 Å². The highest BCUT2D eigenvalue weighted by atomic mass is 35.5. The van der Waals surface area contributed by atoms with E-state index in [1.54, 1.807) is 6.07 Å². The van der Waals surface area contributed by atoms with Crippen LogP contribution in [0.15, 0.2) is 42.1 Å². The summed E-state index contributed by atoms with van der Waals surface area (Å²) in [6, 6.07) is 5.56. The molecule has 1 atom stereocenters. The molecule has 0 aromatic heterocycles. The van der Waals surface area contributed by atoms with Crippen molar-refractivity contribution >= 4 is 17.5 Å². The Labute approximate surface area is 152 Å². The van der Waals surface area contributed by atoms with Gasteiger partial charge in [0.25, 0.3) is 5.91 Å².